The lowest BCUT2D eigenvalue weighted by Gasteiger charge is -1.92. The Morgan fingerprint density at radius 3 is 2.60 bits per heavy atom. The quantitative estimate of drug-likeness (QED) is 0.786. The van der Waals surface area contributed by atoms with E-state index in [4.69, 9.17) is 14.9 Å². The molecule has 0 fully saturated rings. The zero-order chi connectivity index (χ0) is 10.7. The summed E-state index contributed by atoms with van der Waals surface area (Å²) in [7, 11) is 0. The van der Waals surface area contributed by atoms with E-state index in [0.717, 1.165) is 5.56 Å². The molecule has 0 atom stereocenters. The molecule has 0 bridgehead atoms. The maximum atomic E-state index is 8.75. The maximum absolute atomic E-state index is 8.75. The summed E-state index contributed by atoms with van der Waals surface area (Å²) in [6.45, 7) is -0.250. The van der Waals surface area contributed by atoms with E-state index in [1.54, 1.807) is 24.3 Å². The van der Waals surface area contributed by atoms with E-state index in [1.165, 1.54) is 0 Å². The number of rotatable bonds is 2. The third kappa shape index (κ3) is 1.85. The fourth-order valence-corrected chi connectivity index (χ4v) is 1.12. The Morgan fingerprint density at radius 2 is 2.07 bits per heavy atom. The smallest absolute Gasteiger partial charge is 0.258 e. The number of hydrogen-bond donors (Lipinski definition) is 1. The van der Waals surface area contributed by atoms with Gasteiger partial charge in [0.05, 0.1) is 11.6 Å². The minimum Gasteiger partial charge on any atom is -0.388 e. The van der Waals surface area contributed by atoms with Gasteiger partial charge in [-0.2, -0.15) is 10.2 Å². The highest BCUT2D eigenvalue weighted by Crippen LogP contribution is 2.17. The van der Waals surface area contributed by atoms with E-state index in [2.05, 4.69) is 10.1 Å². The van der Waals surface area contributed by atoms with E-state index in [-0.39, 0.29) is 12.4 Å². The van der Waals surface area contributed by atoms with Crippen LogP contribution in [-0.4, -0.2) is 15.2 Å². The molecule has 1 heterocycles. The van der Waals surface area contributed by atoms with Gasteiger partial charge in [0.25, 0.3) is 5.89 Å². The normalized spacial score (nSPS) is 9.87. The zero-order valence-electron chi connectivity index (χ0n) is 7.71. The molecule has 0 radical (unpaired) electrons. The van der Waals surface area contributed by atoms with E-state index in [1.807, 2.05) is 6.07 Å². The highest BCUT2D eigenvalue weighted by atomic mass is 16.5. The Morgan fingerprint density at radius 1 is 1.33 bits per heavy atom. The molecule has 0 aliphatic heterocycles. The van der Waals surface area contributed by atoms with Gasteiger partial charge in [0, 0.05) is 5.56 Å². The van der Waals surface area contributed by atoms with E-state index in [9.17, 15) is 0 Å². The minimum atomic E-state index is -0.250. The SMILES string of the molecule is N#Cc1ccc(-c2nc(CO)no2)cc1. The van der Waals surface area contributed by atoms with Crippen molar-refractivity contribution in [3.05, 3.63) is 35.7 Å². The molecule has 5 nitrogen and oxygen atoms in total. The van der Waals surface area contributed by atoms with Crippen molar-refractivity contribution in [1.82, 2.24) is 10.1 Å². The van der Waals surface area contributed by atoms with Crippen molar-refractivity contribution in [1.29, 1.82) is 5.26 Å². The molecule has 0 aliphatic carbocycles. The van der Waals surface area contributed by atoms with Crippen LogP contribution >= 0.6 is 0 Å². The number of aromatic nitrogens is 2. The lowest BCUT2D eigenvalue weighted by atomic mass is 10.1. The fourth-order valence-electron chi connectivity index (χ4n) is 1.12. The van der Waals surface area contributed by atoms with Crippen molar-refractivity contribution < 1.29 is 9.63 Å². The molecule has 5 heteroatoms. The average molecular weight is 201 g/mol. The maximum Gasteiger partial charge on any atom is 0.258 e. The van der Waals surface area contributed by atoms with E-state index >= 15 is 0 Å². The molecule has 15 heavy (non-hydrogen) atoms. The summed E-state index contributed by atoms with van der Waals surface area (Å²) < 4.78 is 4.91. The summed E-state index contributed by atoms with van der Waals surface area (Å²) >= 11 is 0. The van der Waals surface area contributed by atoms with Gasteiger partial charge in [0.15, 0.2) is 5.82 Å². The van der Waals surface area contributed by atoms with Gasteiger partial charge in [-0.05, 0) is 24.3 Å². The van der Waals surface area contributed by atoms with Crippen LogP contribution in [0.4, 0.5) is 0 Å². The molecule has 0 unspecified atom stereocenters. The van der Waals surface area contributed by atoms with Crippen molar-refractivity contribution in [2.24, 2.45) is 0 Å². The predicted molar refractivity (Wildman–Crippen MR) is 50.4 cm³/mol. The summed E-state index contributed by atoms with van der Waals surface area (Å²) in [5, 5.41) is 20.9. The molecule has 1 aromatic heterocycles. The Balaban J connectivity index is 2.33. The first-order valence-corrected chi connectivity index (χ1v) is 4.27. The first-order chi connectivity index (χ1) is 7.33. The summed E-state index contributed by atoms with van der Waals surface area (Å²) in [5.41, 5.74) is 1.29. The van der Waals surface area contributed by atoms with Crippen molar-refractivity contribution >= 4 is 0 Å². The second kappa shape index (κ2) is 3.90. The largest absolute Gasteiger partial charge is 0.388 e. The molecule has 2 aromatic rings. The second-order valence-electron chi connectivity index (χ2n) is 2.86. The minimum absolute atomic E-state index is 0.245. The van der Waals surface area contributed by atoms with E-state index in [0.29, 0.717) is 11.5 Å². The standard InChI is InChI=1S/C10H7N3O2/c11-5-7-1-3-8(4-2-7)10-12-9(6-14)13-15-10/h1-4,14H,6H2. The third-order valence-corrected chi connectivity index (χ3v) is 1.87. The van der Waals surface area contributed by atoms with Gasteiger partial charge in [-0.25, -0.2) is 0 Å². The molecule has 0 saturated heterocycles. The van der Waals surface area contributed by atoms with Crippen LogP contribution in [-0.2, 0) is 6.61 Å². The van der Waals surface area contributed by atoms with Crippen LogP contribution in [0.25, 0.3) is 11.5 Å². The molecule has 0 spiro atoms. The Bertz CT molecular complexity index is 496. The van der Waals surface area contributed by atoms with Crippen LogP contribution in [0, 0.1) is 11.3 Å². The number of aliphatic hydroxyl groups is 1. The highest BCUT2D eigenvalue weighted by molar-refractivity contribution is 5.54. The monoisotopic (exact) mass is 201 g/mol. The van der Waals surface area contributed by atoms with Crippen LogP contribution in [0.3, 0.4) is 0 Å². The van der Waals surface area contributed by atoms with Crippen LogP contribution < -0.4 is 0 Å². The number of nitrogens with zero attached hydrogens (tertiary/aromatic N) is 3. The molecule has 0 aliphatic rings. The highest BCUT2D eigenvalue weighted by Gasteiger charge is 2.07. The zero-order valence-corrected chi connectivity index (χ0v) is 7.71. The molecule has 1 aromatic carbocycles. The van der Waals surface area contributed by atoms with Gasteiger partial charge in [0.2, 0.25) is 0 Å². The van der Waals surface area contributed by atoms with Crippen LogP contribution in [0.15, 0.2) is 28.8 Å². The van der Waals surface area contributed by atoms with Gasteiger partial charge in [-0.1, -0.05) is 5.16 Å². The Kier molecular flexibility index (Phi) is 2.44. The number of aliphatic hydroxyl groups excluding tert-OH is 1. The third-order valence-electron chi connectivity index (χ3n) is 1.87. The topological polar surface area (TPSA) is 82.9 Å². The molecule has 0 amide bonds. The summed E-state index contributed by atoms with van der Waals surface area (Å²) in [4.78, 5) is 3.94. The van der Waals surface area contributed by atoms with Gasteiger partial charge < -0.3 is 9.63 Å². The first kappa shape index (κ1) is 9.37. The average Bonchev–Trinajstić information content (AvgIpc) is 2.78. The lowest BCUT2D eigenvalue weighted by Crippen LogP contribution is -1.85. The van der Waals surface area contributed by atoms with Gasteiger partial charge in [-0.3, -0.25) is 0 Å². The number of hydrogen-bond acceptors (Lipinski definition) is 5. The number of benzene rings is 1. The van der Waals surface area contributed by atoms with Crippen LogP contribution in [0.1, 0.15) is 11.4 Å². The van der Waals surface area contributed by atoms with E-state index < -0.39 is 0 Å². The molecular formula is C10H7N3O2. The predicted octanol–water partition coefficient (Wildman–Crippen LogP) is 1.10. The first-order valence-electron chi connectivity index (χ1n) is 4.27. The molecule has 74 valence electrons. The van der Waals surface area contributed by atoms with Crippen molar-refractivity contribution in [2.45, 2.75) is 6.61 Å². The lowest BCUT2D eigenvalue weighted by molar-refractivity contribution is 0.264. The Labute approximate surface area is 85.6 Å². The summed E-state index contributed by atoms with van der Waals surface area (Å²) in [6, 6.07) is 8.78. The van der Waals surface area contributed by atoms with Crippen molar-refractivity contribution in [2.75, 3.05) is 0 Å². The van der Waals surface area contributed by atoms with Crippen LogP contribution in [0.2, 0.25) is 0 Å². The van der Waals surface area contributed by atoms with Crippen LogP contribution in [0.5, 0.6) is 0 Å². The van der Waals surface area contributed by atoms with Crippen molar-refractivity contribution in [3.63, 3.8) is 0 Å². The Hall–Kier alpha value is -2.19. The molecule has 1 N–H and O–H groups in total. The number of nitriles is 1. The summed E-state index contributed by atoms with van der Waals surface area (Å²) in [6.07, 6.45) is 0. The second-order valence-corrected chi connectivity index (χ2v) is 2.86. The van der Waals surface area contributed by atoms with Gasteiger partial charge >= 0.3 is 0 Å². The van der Waals surface area contributed by atoms with Crippen molar-refractivity contribution in [3.8, 4) is 17.5 Å². The molecule has 0 saturated carbocycles. The summed E-state index contributed by atoms with van der Waals surface area (Å²) in [5.74, 6) is 0.581. The molecular weight excluding hydrogens is 194 g/mol. The van der Waals surface area contributed by atoms with Gasteiger partial charge in [0.1, 0.15) is 6.61 Å². The fraction of sp³-hybridized carbons (Fsp3) is 0.100. The molecule has 2 rings (SSSR count). The van der Waals surface area contributed by atoms with Gasteiger partial charge in [-0.15, -0.1) is 0 Å².